The van der Waals surface area contributed by atoms with Crippen LogP contribution >= 0.6 is 34.8 Å². The molecule has 0 amide bonds. The Balaban J connectivity index is 3.00. The van der Waals surface area contributed by atoms with Gasteiger partial charge in [-0.05, 0) is 20.3 Å². The Kier molecular flexibility index (Phi) is 3.90. The number of hydrogen-bond donors (Lipinski definition) is 0. The third-order valence-corrected chi connectivity index (χ3v) is 3.77. The lowest BCUT2D eigenvalue weighted by Crippen LogP contribution is -2.40. The Morgan fingerprint density at radius 2 is 1.73 bits per heavy atom. The molecule has 1 aliphatic rings. The minimum atomic E-state index is -1.57. The van der Waals surface area contributed by atoms with Gasteiger partial charge in [-0.15, -0.1) is 0 Å². The Bertz CT molecular complexity index is 309. The molecular formula is C9H12Cl3NO2. The van der Waals surface area contributed by atoms with Gasteiger partial charge in [0, 0.05) is 11.3 Å². The molecule has 0 spiro atoms. The summed E-state index contributed by atoms with van der Waals surface area (Å²) in [5.74, 6) is -0.541. The van der Waals surface area contributed by atoms with Crippen molar-refractivity contribution in [3.8, 4) is 0 Å². The first-order valence-electron chi connectivity index (χ1n) is 4.59. The van der Waals surface area contributed by atoms with Gasteiger partial charge < -0.3 is 0 Å². The van der Waals surface area contributed by atoms with Gasteiger partial charge >= 0.3 is 0 Å². The van der Waals surface area contributed by atoms with Crippen molar-refractivity contribution in [3.05, 3.63) is 21.3 Å². The molecule has 15 heavy (non-hydrogen) atoms. The maximum Gasteiger partial charge on any atom is 0.224 e. The highest BCUT2D eigenvalue weighted by Crippen LogP contribution is 2.45. The van der Waals surface area contributed by atoms with Crippen LogP contribution in [-0.4, -0.2) is 14.8 Å². The summed E-state index contributed by atoms with van der Waals surface area (Å²) in [7, 11) is 0. The van der Waals surface area contributed by atoms with Crippen LogP contribution in [0.5, 0.6) is 0 Å². The van der Waals surface area contributed by atoms with Crippen molar-refractivity contribution < 1.29 is 4.92 Å². The first-order valence-corrected chi connectivity index (χ1v) is 5.72. The van der Waals surface area contributed by atoms with E-state index in [2.05, 4.69) is 0 Å². The largest absolute Gasteiger partial charge is 0.264 e. The number of nitrogens with zero attached hydrogens (tertiary/aromatic N) is 1. The van der Waals surface area contributed by atoms with E-state index in [9.17, 15) is 10.1 Å². The fourth-order valence-corrected chi connectivity index (χ4v) is 2.49. The van der Waals surface area contributed by atoms with E-state index in [0.29, 0.717) is 12.8 Å². The van der Waals surface area contributed by atoms with Gasteiger partial charge in [-0.25, -0.2) is 0 Å². The normalized spacial score (nSPS) is 28.1. The van der Waals surface area contributed by atoms with E-state index in [1.165, 1.54) is 0 Å². The first kappa shape index (κ1) is 13.1. The van der Waals surface area contributed by atoms with Gasteiger partial charge in [0.15, 0.2) is 3.79 Å². The molecule has 0 bridgehead atoms. The van der Waals surface area contributed by atoms with Crippen LogP contribution in [0, 0.1) is 16.0 Å². The standard InChI is InChI=1S/C9H12Cl3NO2/c1-5-3-7(9(10,11)12)8(13(14)15)4-6(5)2/h7-8H,3-4H2,1-2H3/t7-,8-/m0/s1. The molecule has 0 radical (unpaired) electrons. The summed E-state index contributed by atoms with van der Waals surface area (Å²) in [5.41, 5.74) is 2.12. The number of nitro groups is 1. The summed E-state index contributed by atoms with van der Waals surface area (Å²) < 4.78 is -1.57. The average molecular weight is 273 g/mol. The van der Waals surface area contributed by atoms with Crippen LogP contribution in [-0.2, 0) is 0 Å². The molecule has 3 nitrogen and oxygen atoms in total. The fourth-order valence-electron chi connectivity index (χ4n) is 1.83. The van der Waals surface area contributed by atoms with Gasteiger partial charge in [-0.2, -0.15) is 0 Å². The second-order valence-electron chi connectivity index (χ2n) is 3.97. The fraction of sp³-hybridized carbons (Fsp3) is 0.778. The van der Waals surface area contributed by atoms with Crippen LogP contribution < -0.4 is 0 Å². The maximum absolute atomic E-state index is 10.9. The summed E-state index contributed by atoms with van der Waals surface area (Å²) in [5, 5.41) is 10.9. The average Bonchev–Trinajstić information content (AvgIpc) is 2.06. The SMILES string of the molecule is CC1=C(C)C[C@H](C(Cl)(Cl)Cl)[C@@H]([N+](=O)[O-])C1. The maximum atomic E-state index is 10.9. The molecule has 1 aliphatic carbocycles. The van der Waals surface area contributed by atoms with Crippen molar-refractivity contribution in [2.75, 3.05) is 0 Å². The molecule has 0 heterocycles. The van der Waals surface area contributed by atoms with Crippen molar-refractivity contribution in [2.45, 2.75) is 36.5 Å². The second kappa shape index (κ2) is 4.48. The Labute approximate surface area is 104 Å². The monoisotopic (exact) mass is 271 g/mol. The zero-order valence-electron chi connectivity index (χ0n) is 8.47. The second-order valence-corrected chi connectivity index (χ2v) is 6.34. The van der Waals surface area contributed by atoms with Gasteiger partial charge in [-0.1, -0.05) is 45.9 Å². The predicted octanol–water partition coefficient (Wildman–Crippen LogP) is 3.75. The Morgan fingerprint density at radius 1 is 1.27 bits per heavy atom. The lowest BCUT2D eigenvalue weighted by Gasteiger charge is -2.31. The summed E-state index contributed by atoms with van der Waals surface area (Å²) in [4.78, 5) is 10.5. The minimum absolute atomic E-state index is 0.345. The van der Waals surface area contributed by atoms with E-state index in [4.69, 9.17) is 34.8 Å². The molecule has 6 heteroatoms. The van der Waals surface area contributed by atoms with Crippen molar-refractivity contribution in [1.29, 1.82) is 0 Å². The third kappa shape index (κ3) is 2.99. The Hall–Kier alpha value is 0.01000. The summed E-state index contributed by atoms with van der Waals surface area (Å²) in [6, 6.07) is -0.791. The van der Waals surface area contributed by atoms with Crippen LogP contribution in [0.2, 0.25) is 0 Å². The zero-order chi connectivity index (χ0) is 11.8. The van der Waals surface area contributed by atoms with Crippen molar-refractivity contribution >= 4 is 34.8 Å². The highest BCUT2D eigenvalue weighted by atomic mass is 35.6. The first-order chi connectivity index (χ1) is 6.73. The van der Waals surface area contributed by atoms with Crippen LogP contribution in [0.25, 0.3) is 0 Å². The van der Waals surface area contributed by atoms with E-state index in [1.54, 1.807) is 0 Å². The van der Waals surface area contributed by atoms with Crippen LogP contribution in [0.4, 0.5) is 0 Å². The van der Waals surface area contributed by atoms with Crippen LogP contribution in [0.15, 0.2) is 11.1 Å². The van der Waals surface area contributed by atoms with E-state index >= 15 is 0 Å². The molecule has 0 aromatic rings. The van der Waals surface area contributed by atoms with E-state index in [0.717, 1.165) is 11.1 Å². The number of halogens is 3. The molecule has 0 unspecified atom stereocenters. The number of alkyl halides is 3. The highest BCUT2D eigenvalue weighted by Gasteiger charge is 2.47. The topological polar surface area (TPSA) is 43.1 Å². The van der Waals surface area contributed by atoms with Gasteiger partial charge in [0.05, 0.1) is 5.92 Å². The highest BCUT2D eigenvalue weighted by molar-refractivity contribution is 6.67. The number of rotatable bonds is 1. The van der Waals surface area contributed by atoms with Crippen molar-refractivity contribution in [2.24, 2.45) is 5.92 Å². The predicted molar refractivity (Wildman–Crippen MR) is 62.2 cm³/mol. The molecule has 2 atom stereocenters. The van der Waals surface area contributed by atoms with Crippen molar-refractivity contribution in [3.63, 3.8) is 0 Å². The van der Waals surface area contributed by atoms with Crippen molar-refractivity contribution in [1.82, 2.24) is 0 Å². The molecule has 0 saturated carbocycles. The van der Waals surface area contributed by atoms with Gasteiger partial charge in [0.25, 0.3) is 0 Å². The molecule has 0 saturated heterocycles. The molecule has 0 aromatic heterocycles. The van der Waals surface area contributed by atoms with E-state index in [1.807, 2.05) is 13.8 Å². The molecular weight excluding hydrogens is 260 g/mol. The van der Waals surface area contributed by atoms with Crippen LogP contribution in [0.3, 0.4) is 0 Å². The van der Waals surface area contributed by atoms with Crippen LogP contribution in [0.1, 0.15) is 26.7 Å². The molecule has 0 fully saturated rings. The zero-order valence-corrected chi connectivity index (χ0v) is 10.7. The van der Waals surface area contributed by atoms with Gasteiger partial charge in [-0.3, -0.25) is 10.1 Å². The summed E-state index contributed by atoms with van der Waals surface area (Å²) >= 11 is 17.3. The minimum Gasteiger partial charge on any atom is -0.264 e. The van der Waals surface area contributed by atoms with Gasteiger partial charge in [0.2, 0.25) is 6.04 Å². The molecule has 86 valence electrons. The van der Waals surface area contributed by atoms with E-state index < -0.39 is 15.8 Å². The van der Waals surface area contributed by atoms with E-state index in [-0.39, 0.29) is 4.92 Å². The lowest BCUT2D eigenvalue weighted by atomic mass is 9.82. The molecule has 0 aromatic carbocycles. The molecule has 0 N–H and O–H groups in total. The number of allylic oxidation sites excluding steroid dienone is 1. The smallest absolute Gasteiger partial charge is 0.224 e. The Morgan fingerprint density at radius 3 is 2.13 bits per heavy atom. The van der Waals surface area contributed by atoms with Gasteiger partial charge in [0.1, 0.15) is 0 Å². The lowest BCUT2D eigenvalue weighted by molar-refractivity contribution is -0.532. The summed E-state index contributed by atoms with van der Waals surface area (Å²) in [6.07, 6.45) is 0.853. The molecule has 1 rings (SSSR count). The molecule has 0 aliphatic heterocycles. The third-order valence-electron chi connectivity index (χ3n) is 2.93. The quantitative estimate of drug-likeness (QED) is 0.316. The summed E-state index contributed by atoms with van der Waals surface area (Å²) in [6.45, 7) is 3.81. The number of hydrogen-bond acceptors (Lipinski definition) is 2.